The number of nitrogens with one attached hydrogen (secondary N) is 2. The summed E-state index contributed by atoms with van der Waals surface area (Å²) in [6.07, 6.45) is -0.351. The molecule has 1 heterocycles. The SMILES string of the molecule is COc1cccc(CNNC(=O)[C@@]2(Cc3ccccc3Br)N=C(c3ccc(OCCCO)cc3)O[C@H]2c2ccccc2N=[N+]=[N-])c1OC. The Kier molecular flexibility index (Phi) is 11.5. The average Bonchev–Trinajstić information content (AvgIpc) is 3.50. The number of halogens is 1. The summed E-state index contributed by atoms with van der Waals surface area (Å²) in [5, 5.41) is 13.0. The zero-order chi connectivity index (χ0) is 33.9. The van der Waals surface area contributed by atoms with Crippen LogP contribution in [0.15, 0.2) is 106 Å². The van der Waals surface area contributed by atoms with Crippen LogP contribution >= 0.6 is 15.9 Å². The van der Waals surface area contributed by atoms with Gasteiger partial charge in [-0.3, -0.25) is 10.2 Å². The number of hydrazine groups is 1. The molecule has 0 unspecified atom stereocenters. The van der Waals surface area contributed by atoms with Crippen molar-refractivity contribution in [3.63, 3.8) is 0 Å². The van der Waals surface area contributed by atoms with Gasteiger partial charge in [-0.1, -0.05) is 75.6 Å². The van der Waals surface area contributed by atoms with Crippen molar-refractivity contribution in [1.82, 2.24) is 10.9 Å². The fourth-order valence-corrected chi connectivity index (χ4v) is 5.89. The van der Waals surface area contributed by atoms with Crippen molar-refractivity contribution < 1.29 is 28.8 Å². The number of azide groups is 1. The Hall–Kier alpha value is -5.07. The number of methoxy groups -OCH3 is 2. The summed E-state index contributed by atoms with van der Waals surface area (Å²) in [6, 6.07) is 27.2. The van der Waals surface area contributed by atoms with Gasteiger partial charge in [-0.15, -0.1) is 0 Å². The highest BCUT2D eigenvalue weighted by Crippen LogP contribution is 2.46. The molecule has 0 saturated heterocycles. The van der Waals surface area contributed by atoms with Gasteiger partial charge in [0.25, 0.3) is 5.91 Å². The van der Waals surface area contributed by atoms with Crippen LogP contribution in [0.25, 0.3) is 10.4 Å². The number of benzene rings is 4. The van der Waals surface area contributed by atoms with Crippen molar-refractivity contribution in [3.05, 3.63) is 128 Å². The van der Waals surface area contributed by atoms with E-state index in [-0.39, 0.29) is 25.5 Å². The lowest BCUT2D eigenvalue weighted by Gasteiger charge is -2.31. The molecule has 13 heteroatoms. The molecule has 248 valence electrons. The quantitative estimate of drug-likeness (QED) is 0.0417. The van der Waals surface area contributed by atoms with Gasteiger partial charge in [0, 0.05) is 57.8 Å². The zero-order valence-electron chi connectivity index (χ0n) is 26.4. The second-order valence-corrected chi connectivity index (χ2v) is 11.6. The molecule has 4 aromatic carbocycles. The van der Waals surface area contributed by atoms with Crippen LogP contribution in [0.1, 0.15) is 34.8 Å². The predicted octanol–water partition coefficient (Wildman–Crippen LogP) is 6.49. The minimum Gasteiger partial charge on any atom is -0.494 e. The molecule has 0 bridgehead atoms. The lowest BCUT2D eigenvalue weighted by molar-refractivity contribution is -0.130. The van der Waals surface area contributed by atoms with Gasteiger partial charge in [0.1, 0.15) is 5.75 Å². The molecule has 0 aliphatic carbocycles. The summed E-state index contributed by atoms with van der Waals surface area (Å²) < 4.78 is 24.1. The number of hydrogen-bond donors (Lipinski definition) is 3. The fourth-order valence-electron chi connectivity index (χ4n) is 5.46. The standard InChI is InChI=1S/C35H35BrN6O6/c1-45-30-14-7-10-25(31(30)46-2)22-38-41-34(44)35(21-24-9-3-5-12-28(24)36)32(27-11-4-6-13-29(27)40-42-37)48-33(39-35)23-15-17-26(18-16-23)47-20-8-19-43/h3-7,9-18,32,38,43H,8,19-22H2,1-2H3,(H,41,44)/t32-,35-/m0/s1. The smallest absolute Gasteiger partial charge is 0.266 e. The summed E-state index contributed by atoms with van der Waals surface area (Å²) >= 11 is 3.64. The van der Waals surface area contributed by atoms with Crippen LogP contribution in [-0.4, -0.2) is 49.9 Å². The topological polar surface area (TPSA) is 159 Å². The highest BCUT2D eigenvalue weighted by Gasteiger charge is 2.54. The van der Waals surface area contributed by atoms with Crippen LogP contribution < -0.4 is 25.1 Å². The third-order valence-corrected chi connectivity index (χ3v) is 8.56. The molecule has 5 rings (SSSR count). The molecular formula is C35H35BrN6O6. The summed E-state index contributed by atoms with van der Waals surface area (Å²) in [5.41, 5.74) is 16.7. The van der Waals surface area contributed by atoms with Gasteiger partial charge in [-0.05, 0) is 47.5 Å². The van der Waals surface area contributed by atoms with Crippen molar-refractivity contribution >= 4 is 33.4 Å². The van der Waals surface area contributed by atoms with E-state index in [0.29, 0.717) is 47.1 Å². The van der Waals surface area contributed by atoms with E-state index in [4.69, 9.17) is 29.0 Å². The number of aliphatic hydroxyl groups is 1. The van der Waals surface area contributed by atoms with E-state index < -0.39 is 17.6 Å². The summed E-state index contributed by atoms with van der Waals surface area (Å²) in [7, 11) is 3.11. The minimum absolute atomic E-state index is 0.0328. The summed E-state index contributed by atoms with van der Waals surface area (Å²) in [6.45, 7) is 0.618. The van der Waals surface area contributed by atoms with Crippen molar-refractivity contribution in [1.29, 1.82) is 0 Å². The Morgan fingerprint density at radius 1 is 1.02 bits per heavy atom. The molecular weight excluding hydrogens is 680 g/mol. The number of aliphatic hydroxyl groups excluding tert-OH is 1. The molecule has 3 N–H and O–H groups in total. The minimum atomic E-state index is -1.57. The van der Waals surface area contributed by atoms with Crippen LogP contribution in [0.5, 0.6) is 17.2 Å². The van der Waals surface area contributed by atoms with E-state index in [9.17, 15) is 10.3 Å². The lowest BCUT2D eigenvalue weighted by atomic mass is 9.81. The number of aliphatic imine (C=N–C) groups is 1. The van der Waals surface area contributed by atoms with Crippen molar-refractivity contribution in [2.24, 2.45) is 10.1 Å². The summed E-state index contributed by atoms with van der Waals surface area (Å²) in [5.74, 6) is 1.48. The lowest BCUT2D eigenvalue weighted by Crippen LogP contribution is -2.53. The number of carbonyl (C=O) groups excluding carboxylic acids is 1. The molecule has 1 aliphatic rings. The number of rotatable bonds is 15. The third kappa shape index (κ3) is 7.56. The molecule has 12 nitrogen and oxygen atoms in total. The number of amides is 1. The highest BCUT2D eigenvalue weighted by atomic mass is 79.9. The first-order chi connectivity index (χ1) is 23.4. The molecule has 0 spiro atoms. The molecule has 0 fully saturated rings. The van der Waals surface area contributed by atoms with Crippen molar-refractivity contribution in [2.45, 2.75) is 31.0 Å². The van der Waals surface area contributed by atoms with E-state index in [2.05, 4.69) is 36.8 Å². The van der Waals surface area contributed by atoms with Gasteiger partial charge in [0.2, 0.25) is 5.90 Å². The Labute approximate surface area is 286 Å². The van der Waals surface area contributed by atoms with Crippen molar-refractivity contribution in [2.75, 3.05) is 27.4 Å². The van der Waals surface area contributed by atoms with E-state index in [1.807, 2.05) is 36.4 Å². The van der Waals surface area contributed by atoms with Gasteiger partial charge in [0.05, 0.1) is 20.8 Å². The van der Waals surface area contributed by atoms with E-state index >= 15 is 0 Å². The first-order valence-electron chi connectivity index (χ1n) is 15.1. The van der Waals surface area contributed by atoms with Crippen LogP contribution in [0.2, 0.25) is 0 Å². The Balaban J connectivity index is 1.57. The molecule has 1 amide bonds. The maximum Gasteiger partial charge on any atom is 0.266 e. The number of carbonyl (C=O) groups is 1. The zero-order valence-corrected chi connectivity index (χ0v) is 28.0. The Morgan fingerprint density at radius 2 is 1.77 bits per heavy atom. The molecule has 4 aromatic rings. The maximum absolute atomic E-state index is 14.6. The van der Waals surface area contributed by atoms with E-state index in [0.717, 1.165) is 15.6 Å². The molecule has 2 atom stereocenters. The molecule has 0 aromatic heterocycles. The highest BCUT2D eigenvalue weighted by molar-refractivity contribution is 9.10. The first kappa shape index (κ1) is 34.3. The van der Waals surface area contributed by atoms with Crippen LogP contribution in [-0.2, 0) is 22.5 Å². The number of ether oxygens (including phenoxy) is 4. The van der Waals surface area contributed by atoms with E-state index in [1.54, 1.807) is 68.8 Å². The van der Waals surface area contributed by atoms with Crippen LogP contribution in [0.3, 0.4) is 0 Å². The van der Waals surface area contributed by atoms with E-state index in [1.165, 1.54) is 0 Å². The van der Waals surface area contributed by atoms with Crippen LogP contribution in [0.4, 0.5) is 5.69 Å². The second kappa shape index (κ2) is 16.2. The molecule has 0 radical (unpaired) electrons. The second-order valence-electron chi connectivity index (χ2n) is 10.8. The number of nitrogens with zero attached hydrogens (tertiary/aromatic N) is 4. The normalized spacial score (nSPS) is 16.7. The largest absolute Gasteiger partial charge is 0.494 e. The third-order valence-electron chi connectivity index (χ3n) is 7.78. The first-order valence-corrected chi connectivity index (χ1v) is 15.9. The average molecular weight is 716 g/mol. The fraction of sp³-hybridized carbons (Fsp3) is 0.257. The van der Waals surface area contributed by atoms with Gasteiger partial charge in [0.15, 0.2) is 23.1 Å². The molecule has 1 aliphatic heterocycles. The maximum atomic E-state index is 14.6. The van der Waals surface area contributed by atoms with Gasteiger partial charge >= 0.3 is 0 Å². The molecule has 48 heavy (non-hydrogen) atoms. The van der Waals surface area contributed by atoms with Gasteiger partial charge < -0.3 is 24.1 Å². The number of hydrogen-bond acceptors (Lipinski definition) is 9. The predicted molar refractivity (Wildman–Crippen MR) is 184 cm³/mol. The van der Waals surface area contributed by atoms with Gasteiger partial charge in [-0.2, -0.15) is 0 Å². The molecule has 0 saturated carbocycles. The van der Waals surface area contributed by atoms with Crippen LogP contribution in [0, 0.1) is 0 Å². The number of para-hydroxylation sites is 1. The van der Waals surface area contributed by atoms with Crippen molar-refractivity contribution in [3.8, 4) is 17.2 Å². The van der Waals surface area contributed by atoms with Gasteiger partial charge in [-0.25, -0.2) is 10.4 Å². The monoisotopic (exact) mass is 714 g/mol. The Bertz CT molecular complexity index is 1810. The summed E-state index contributed by atoms with van der Waals surface area (Å²) in [4.78, 5) is 22.7. The Morgan fingerprint density at radius 3 is 2.50 bits per heavy atom.